The van der Waals surface area contributed by atoms with Gasteiger partial charge in [0.15, 0.2) is 0 Å². The molecule has 0 saturated heterocycles. The van der Waals surface area contributed by atoms with Crippen molar-refractivity contribution in [3.63, 3.8) is 0 Å². The van der Waals surface area contributed by atoms with Crippen LogP contribution in [0.2, 0.25) is 0 Å². The van der Waals surface area contributed by atoms with Crippen LogP contribution < -0.4 is 5.56 Å². The largest absolute Gasteiger partial charge is 0.309 e. The molecule has 0 unspecified atom stereocenters. The number of aromatic amines is 1. The molecule has 1 aromatic heterocycles. The van der Waals surface area contributed by atoms with Crippen LogP contribution in [0.15, 0.2) is 9.27 Å². The van der Waals surface area contributed by atoms with Gasteiger partial charge in [0.2, 0.25) is 0 Å². The summed E-state index contributed by atoms with van der Waals surface area (Å²) in [7, 11) is 0. The molecule has 14 heavy (non-hydrogen) atoms. The van der Waals surface area contributed by atoms with Crippen molar-refractivity contribution in [2.45, 2.75) is 26.1 Å². The molecule has 0 amide bonds. The van der Waals surface area contributed by atoms with Gasteiger partial charge in [-0.05, 0) is 28.3 Å². The number of nitrogens with zero attached hydrogens (tertiary/aromatic N) is 1. The molecule has 0 fully saturated rings. The van der Waals surface area contributed by atoms with Gasteiger partial charge in [0.25, 0.3) is 5.56 Å². The molecule has 1 aromatic rings. The second-order valence-electron chi connectivity index (χ2n) is 3.50. The van der Waals surface area contributed by atoms with E-state index in [9.17, 15) is 4.79 Å². The average molecular weight is 280 g/mol. The predicted octanol–water partition coefficient (Wildman–Crippen LogP) is 2.47. The first-order valence-electron chi connectivity index (χ1n) is 4.38. The Morgan fingerprint density at radius 1 is 1.57 bits per heavy atom. The maximum Gasteiger partial charge on any atom is 0.265 e. The van der Waals surface area contributed by atoms with Crippen LogP contribution in [-0.4, -0.2) is 9.97 Å². The van der Waals surface area contributed by atoms with E-state index in [4.69, 9.17) is 11.6 Å². The van der Waals surface area contributed by atoms with Crippen LogP contribution in [0.5, 0.6) is 0 Å². The van der Waals surface area contributed by atoms with Gasteiger partial charge in [0, 0.05) is 0 Å². The van der Waals surface area contributed by atoms with E-state index in [0.29, 0.717) is 16.2 Å². The normalized spacial score (nSPS) is 10.9. The topological polar surface area (TPSA) is 45.8 Å². The Morgan fingerprint density at radius 3 is 2.71 bits per heavy atom. The SMILES string of the molecule is CC(C)Cc1nc(CCl)[nH]c(=O)c1Br. The number of halogens is 2. The molecule has 3 nitrogen and oxygen atoms in total. The first-order valence-corrected chi connectivity index (χ1v) is 5.71. The molecule has 0 aliphatic carbocycles. The van der Waals surface area contributed by atoms with E-state index in [1.165, 1.54) is 0 Å². The molecule has 1 heterocycles. The van der Waals surface area contributed by atoms with Gasteiger partial charge in [0.05, 0.1) is 11.6 Å². The van der Waals surface area contributed by atoms with Gasteiger partial charge in [-0.15, -0.1) is 11.6 Å². The molecule has 5 heteroatoms. The van der Waals surface area contributed by atoms with Crippen molar-refractivity contribution < 1.29 is 0 Å². The Morgan fingerprint density at radius 2 is 2.21 bits per heavy atom. The zero-order valence-electron chi connectivity index (χ0n) is 8.10. The Bertz CT molecular complexity index is 376. The number of rotatable bonds is 3. The fraction of sp³-hybridized carbons (Fsp3) is 0.556. The summed E-state index contributed by atoms with van der Waals surface area (Å²) in [6.45, 7) is 4.16. The second kappa shape index (κ2) is 4.94. The van der Waals surface area contributed by atoms with Crippen LogP contribution in [0.3, 0.4) is 0 Å². The van der Waals surface area contributed by atoms with Crippen molar-refractivity contribution in [3.8, 4) is 0 Å². The summed E-state index contributed by atoms with van der Waals surface area (Å²) in [6.07, 6.45) is 0.772. The lowest BCUT2D eigenvalue weighted by molar-refractivity contribution is 0.628. The minimum atomic E-state index is -0.161. The van der Waals surface area contributed by atoms with Gasteiger partial charge in [-0.1, -0.05) is 13.8 Å². The monoisotopic (exact) mass is 278 g/mol. The maximum absolute atomic E-state index is 11.4. The minimum Gasteiger partial charge on any atom is -0.309 e. The fourth-order valence-corrected chi connectivity index (χ4v) is 1.62. The van der Waals surface area contributed by atoms with E-state index in [2.05, 4.69) is 39.7 Å². The molecule has 0 aliphatic rings. The zero-order chi connectivity index (χ0) is 10.7. The van der Waals surface area contributed by atoms with Crippen LogP contribution in [0, 0.1) is 5.92 Å². The minimum absolute atomic E-state index is 0.161. The molecule has 0 bridgehead atoms. The Kier molecular flexibility index (Phi) is 4.13. The molecule has 0 saturated carbocycles. The lowest BCUT2D eigenvalue weighted by atomic mass is 10.1. The zero-order valence-corrected chi connectivity index (χ0v) is 10.4. The van der Waals surface area contributed by atoms with Gasteiger partial charge < -0.3 is 4.98 Å². The van der Waals surface area contributed by atoms with Crippen molar-refractivity contribution in [1.82, 2.24) is 9.97 Å². The molecule has 0 aliphatic heterocycles. The third-order valence-electron chi connectivity index (χ3n) is 1.71. The highest BCUT2D eigenvalue weighted by Crippen LogP contribution is 2.13. The van der Waals surface area contributed by atoms with E-state index in [0.717, 1.165) is 12.1 Å². The van der Waals surface area contributed by atoms with Gasteiger partial charge in [-0.3, -0.25) is 4.79 Å². The number of aromatic nitrogens is 2. The molecule has 78 valence electrons. The number of hydrogen-bond acceptors (Lipinski definition) is 2. The van der Waals surface area contributed by atoms with Crippen molar-refractivity contribution in [2.24, 2.45) is 5.92 Å². The van der Waals surface area contributed by atoms with Crippen LogP contribution in [0.25, 0.3) is 0 Å². The third kappa shape index (κ3) is 2.82. The second-order valence-corrected chi connectivity index (χ2v) is 4.57. The molecule has 1 rings (SSSR count). The number of hydrogen-bond donors (Lipinski definition) is 1. The first kappa shape index (κ1) is 11.7. The standard InChI is InChI=1S/C9H12BrClN2O/c1-5(2)3-6-8(10)9(14)13-7(4-11)12-6/h5H,3-4H2,1-2H3,(H,12,13,14). The number of H-pyrrole nitrogens is 1. The van der Waals surface area contributed by atoms with E-state index in [-0.39, 0.29) is 11.4 Å². The van der Waals surface area contributed by atoms with Crippen molar-refractivity contribution >= 4 is 27.5 Å². The van der Waals surface area contributed by atoms with E-state index in [1.807, 2.05) is 0 Å². The molecule has 0 radical (unpaired) electrons. The van der Waals surface area contributed by atoms with Crippen LogP contribution in [0.4, 0.5) is 0 Å². The Balaban J connectivity index is 3.14. The molecule has 1 N–H and O–H groups in total. The lowest BCUT2D eigenvalue weighted by Gasteiger charge is -2.07. The number of alkyl halides is 1. The summed E-state index contributed by atoms with van der Waals surface area (Å²) in [5.41, 5.74) is 0.616. The summed E-state index contributed by atoms with van der Waals surface area (Å²) < 4.78 is 0.514. The smallest absolute Gasteiger partial charge is 0.265 e. The maximum atomic E-state index is 11.4. The van der Waals surface area contributed by atoms with E-state index < -0.39 is 0 Å². The highest BCUT2D eigenvalue weighted by molar-refractivity contribution is 9.10. The van der Waals surface area contributed by atoms with Gasteiger partial charge in [0.1, 0.15) is 10.3 Å². The Labute approximate surface area is 96.0 Å². The van der Waals surface area contributed by atoms with Gasteiger partial charge in [-0.2, -0.15) is 0 Å². The molecule has 0 aromatic carbocycles. The number of nitrogens with one attached hydrogen (secondary N) is 1. The first-order chi connectivity index (χ1) is 6.54. The Hall–Kier alpha value is -0.350. The highest BCUT2D eigenvalue weighted by atomic mass is 79.9. The van der Waals surface area contributed by atoms with Gasteiger partial charge in [-0.25, -0.2) is 4.98 Å². The molecular weight excluding hydrogens is 267 g/mol. The van der Waals surface area contributed by atoms with Crippen molar-refractivity contribution in [2.75, 3.05) is 0 Å². The summed E-state index contributed by atoms with van der Waals surface area (Å²) >= 11 is 8.83. The highest BCUT2D eigenvalue weighted by Gasteiger charge is 2.09. The van der Waals surface area contributed by atoms with Crippen LogP contribution >= 0.6 is 27.5 Å². The molecule has 0 atom stereocenters. The lowest BCUT2D eigenvalue weighted by Crippen LogP contribution is -2.16. The molecular formula is C9H12BrClN2O. The molecule has 0 spiro atoms. The van der Waals surface area contributed by atoms with Crippen LogP contribution in [-0.2, 0) is 12.3 Å². The summed E-state index contributed by atoms with van der Waals surface area (Å²) in [4.78, 5) is 18.3. The van der Waals surface area contributed by atoms with E-state index in [1.54, 1.807) is 0 Å². The summed E-state index contributed by atoms with van der Waals surface area (Å²) in [5.74, 6) is 1.22. The fourth-order valence-electron chi connectivity index (χ4n) is 1.14. The van der Waals surface area contributed by atoms with Crippen molar-refractivity contribution in [3.05, 3.63) is 26.3 Å². The van der Waals surface area contributed by atoms with Crippen LogP contribution in [0.1, 0.15) is 25.4 Å². The van der Waals surface area contributed by atoms with Crippen molar-refractivity contribution in [1.29, 1.82) is 0 Å². The third-order valence-corrected chi connectivity index (χ3v) is 2.78. The average Bonchev–Trinajstić information content (AvgIpc) is 2.11. The summed E-state index contributed by atoms with van der Waals surface area (Å²) in [6, 6.07) is 0. The van der Waals surface area contributed by atoms with Gasteiger partial charge >= 0.3 is 0 Å². The van der Waals surface area contributed by atoms with E-state index >= 15 is 0 Å². The predicted molar refractivity (Wildman–Crippen MR) is 60.7 cm³/mol. The quantitative estimate of drug-likeness (QED) is 0.864. The summed E-state index contributed by atoms with van der Waals surface area (Å²) in [5, 5.41) is 0.